The van der Waals surface area contributed by atoms with Crippen LogP contribution < -0.4 is 10.6 Å². The first-order chi connectivity index (χ1) is 9.18. The minimum absolute atomic E-state index is 0.116. The molecule has 1 atom stereocenters. The van der Waals surface area contributed by atoms with E-state index < -0.39 is 0 Å². The van der Waals surface area contributed by atoms with E-state index in [2.05, 4.69) is 23.2 Å². The molecule has 1 aromatic carbocycles. The Morgan fingerprint density at radius 2 is 2.26 bits per heavy atom. The van der Waals surface area contributed by atoms with E-state index in [0.717, 1.165) is 18.5 Å². The van der Waals surface area contributed by atoms with Gasteiger partial charge in [-0.3, -0.25) is 9.89 Å². The zero-order valence-corrected chi connectivity index (χ0v) is 10.8. The molecule has 0 bridgehead atoms. The van der Waals surface area contributed by atoms with Crippen LogP contribution >= 0.6 is 0 Å². The summed E-state index contributed by atoms with van der Waals surface area (Å²) in [5, 5.41) is 6.51. The SMILES string of the molecule is CC1CCc2ccccc2N1C(=O)c1[nH]ncc1N. The van der Waals surface area contributed by atoms with Crippen LogP contribution in [0.15, 0.2) is 30.5 Å². The Labute approximate surface area is 111 Å². The number of aromatic amines is 1. The summed E-state index contributed by atoms with van der Waals surface area (Å²) in [6.45, 7) is 2.06. The molecule has 1 aliphatic heterocycles. The highest BCUT2D eigenvalue weighted by Gasteiger charge is 2.30. The maximum absolute atomic E-state index is 12.6. The van der Waals surface area contributed by atoms with Gasteiger partial charge >= 0.3 is 0 Å². The third-order valence-corrected chi connectivity index (χ3v) is 3.62. The fraction of sp³-hybridized carbons (Fsp3) is 0.286. The van der Waals surface area contributed by atoms with Gasteiger partial charge in [0.25, 0.3) is 5.91 Å². The second-order valence-electron chi connectivity index (χ2n) is 4.89. The number of nitrogens with one attached hydrogen (secondary N) is 1. The van der Waals surface area contributed by atoms with Gasteiger partial charge in [0.05, 0.1) is 11.9 Å². The molecule has 0 spiro atoms. The molecule has 2 aromatic rings. The molecule has 1 aliphatic rings. The maximum atomic E-state index is 12.6. The zero-order valence-electron chi connectivity index (χ0n) is 10.8. The highest BCUT2D eigenvalue weighted by Crippen LogP contribution is 2.32. The summed E-state index contributed by atoms with van der Waals surface area (Å²) in [6, 6.07) is 8.16. The van der Waals surface area contributed by atoms with Crippen LogP contribution in [0.1, 0.15) is 29.4 Å². The lowest BCUT2D eigenvalue weighted by Gasteiger charge is -2.35. The summed E-state index contributed by atoms with van der Waals surface area (Å²) in [5.41, 5.74) is 8.70. The number of carbonyl (C=O) groups is 1. The number of amides is 1. The quantitative estimate of drug-likeness (QED) is 0.819. The van der Waals surface area contributed by atoms with Gasteiger partial charge in [0.2, 0.25) is 0 Å². The van der Waals surface area contributed by atoms with Crippen molar-refractivity contribution in [2.45, 2.75) is 25.8 Å². The molecule has 0 saturated heterocycles. The van der Waals surface area contributed by atoms with E-state index in [1.807, 2.05) is 23.1 Å². The molecule has 2 heterocycles. The lowest BCUT2D eigenvalue weighted by Crippen LogP contribution is -2.42. The molecule has 19 heavy (non-hydrogen) atoms. The third-order valence-electron chi connectivity index (χ3n) is 3.62. The number of nitrogen functional groups attached to an aromatic ring is 1. The molecule has 98 valence electrons. The van der Waals surface area contributed by atoms with Crippen molar-refractivity contribution in [3.63, 3.8) is 0 Å². The summed E-state index contributed by atoms with van der Waals surface area (Å²) in [6.07, 6.45) is 3.42. The number of nitrogens with zero attached hydrogens (tertiary/aromatic N) is 2. The zero-order chi connectivity index (χ0) is 13.4. The van der Waals surface area contributed by atoms with Gasteiger partial charge in [-0.1, -0.05) is 18.2 Å². The molecule has 1 unspecified atom stereocenters. The van der Waals surface area contributed by atoms with Crippen LogP contribution in [-0.4, -0.2) is 22.1 Å². The molecule has 0 radical (unpaired) electrons. The lowest BCUT2D eigenvalue weighted by molar-refractivity contribution is 0.0971. The largest absolute Gasteiger partial charge is 0.396 e. The number of aryl methyl sites for hydroxylation is 1. The van der Waals surface area contributed by atoms with Crippen molar-refractivity contribution < 1.29 is 4.79 Å². The summed E-state index contributed by atoms with van der Waals surface area (Å²) >= 11 is 0. The molecular weight excluding hydrogens is 240 g/mol. The van der Waals surface area contributed by atoms with E-state index in [4.69, 9.17) is 5.73 Å². The van der Waals surface area contributed by atoms with E-state index in [1.165, 1.54) is 11.8 Å². The first kappa shape index (κ1) is 11.8. The molecular formula is C14H16N4O. The van der Waals surface area contributed by atoms with Crippen LogP contribution in [0.2, 0.25) is 0 Å². The first-order valence-corrected chi connectivity index (χ1v) is 6.39. The molecule has 3 N–H and O–H groups in total. The van der Waals surface area contributed by atoms with Crippen LogP contribution in [0.4, 0.5) is 11.4 Å². The number of H-pyrrole nitrogens is 1. The summed E-state index contributed by atoms with van der Waals surface area (Å²) < 4.78 is 0. The number of aromatic nitrogens is 2. The summed E-state index contributed by atoms with van der Waals surface area (Å²) in [5.74, 6) is -0.116. The van der Waals surface area contributed by atoms with E-state index >= 15 is 0 Å². The Kier molecular flexibility index (Phi) is 2.74. The molecule has 3 rings (SSSR count). The molecule has 0 saturated carbocycles. The number of carbonyl (C=O) groups excluding carboxylic acids is 1. The van der Waals surface area contributed by atoms with Gasteiger partial charge in [0.15, 0.2) is 0 Å². The Bertz CT molecular complexity index is 619. The van der Waals surface area contributed by atoms with Crippen molar-refractivity contribution in [1.82, 2.24) is 10.2 Å². The minimum atomic E-state index is -0.116. The molecule has 0 aliphatic carbocycles. The van der Waals surface area contributed by atoms with E-state index in [1.54, 1.807) is 0 Å². The van der Waals surface area contributed by atoms with Crippen molar-refractivity contribution in [2.75, 3.05) is 10.6 Å². The Morgan fingerprint density at radius 1 is 1.47 bits per heavy atom. The number of benzene rings is 1. The monoisotopic (exact) mass is 256 g/mol. The van der Waals surface area contributed by atoms with Gasteiger partial charge in [0.1, 0.15) is 5.69 Å². The van der Waals surface area contributed by atoms with Gasteiger partial charge in [-0.2, -0.15) is 5.10 Å². The average molecular weight is 256 g/mol. The maximum Gasteiger partial charge on any atom is 0.278 e. The highest BCUT2D eigenvalue weighted by atomic mass is 16.2. The summed E-state index contributed by atoms with van der Waals surface area (Å²) in [4.78, 5) is 14.4. The van der Waals surface area contributed by atoms with Crippen LogP contribution in [0, 0.1) is 0 Å². The average Bonchev–Trinajstić information content (AvgIpc) is 2.84. The Balaban J connectivity index is 2.05. The molecule has 5 heteroatoms. The van der Waals surface area contributed by atoms with Crippen LogP contribution in [-0.2, 0) is 6.42 Å². The molecule has 1 aromatic heterocycles. The van der Waals surface area contributed by atoms with Crippen LogP contribution in [0.25, 0.3) is 0 Å². The van der Waals surface area contributed by atoms with E-state index in [-0.39, 0.29) is 11.9 Å². The number of nitrogens with two attached hydrogens (primary N) is 1. The standard InChI is InChI=1S/C14H16N4O/c1-9-6-7-10-4-2-3-5-12(10)18(9)14(19)13-11(15)8-16-17-13/h2-5,8-9H,6-7,15H2,1H3,(H,16,17). The van der Waals surface area contributed by atoms with Gasteiger partial charge in [-0.25, -0.2) is 0 Å². The van der Waals surface area contributed by atoms with E-state index in [0.29, 0.717) is 11.4 Å². The van der Waals surface area contributed by atoms with Crippen molar-refractivity contribution in [2.24, 2.45) is 0 Å². The highest BCUT2D eigenvalue weighted by molar-refractivity contribution is 6.08. The second-order valence-corrected chi connectivity index (χ2v) is 4.89. The number of fused-ring (bicyclic) bond motifs is 1. The number of anilines is 2. The van der Waals surface area contributed by atoms with Crippen LogP contribution in [0.3, 0.4) is 0 Å². The molecule has 1 amide bonds. The Morgan fingerprint density at radius 3 is 3.00 bits per heavy atom. The van der Waals surface area contributed by atoms with Crippen molar-refractivity contribution in [3.8, 4) is 0 Å². The fourth-order valence-corrected chi connectivity index (χ4v) is 2.58. The van der Waals surface area contributed by atoms with Gasteiger partial charge in [0, 0.05) is 11.7 Å². The topological polar surface area (TPSA) is 75.0 Å². The smallest absolute Gasteiger partial charge is 0.278 e. The Hall–Kier alpha value is -2.30. The van der Waals surface area contributed by atoms with Gasteiger partial charge in [-0.05, 0) is 31.4 Å². The van der Waals surface area contributed by atoms with Crippen molar-refractivity contribution >= 4 is 17.3 Å². The minimum Gasteiger partial charge on any atom is -0.396 e. The second kappa shape index (κ2) is 4.42. The molecule has 5 nitrogen and oxygen atoms in total. The van der Waals surface area contributed by atoms with Crippen LogP contribution in [0.5, 0.6) is 0 Å². The summed E-state index contributed by atoms with van der Waals surface area (Å²) in [7, 11) is 0. The molecule has 0 fully saturated rings. The normalized spacial score (nSPS) is 18.2. The number of rotatable bonds is 1. The fourth-order valence-electron chi connectivity index (χ4n) is 2.58. The number of para-hydroxylation sites is 1. The third kappa shape index (κ3) is 1.87. The van der Waals surface area contributed by atoms with Gasteiger partial charge in [-0.15, -0.1) is 0 Å². The number of hydrogen-bond donors (Lipinski definition) is 2. The van der Waals surface area contributed by atoms with E-state index in [9.17, 15) is 4.79 Å². The first-order valence-electron chi connectivity index (χ1n) is 6.39. The van der Waals surface area contributed by atoms with Gasteiger partial charge < -0.3 is 10.6 Å². The predicted octanol–water partition coefficient (Wildman–Crippen LogP) is 1.97. The number of hydrogen-bond acceptors (Lipinski definition) is 3. The lowest BCUT2D eigenvalue weighted by atomic mass is 9.96. The predicted molar refractivity (Wildman–Crippen MR) is 74.0 cm³/mol. The van der Waals surface area contributed by atoms with Crippen molar-refractivity contribution in [1.29, 1.82) is 0 Å². The van der Waals surface area contributed by atoms with Crippen molar-refractivity contribution in [3.05, 3.63) is 41.7 Å².